The molecule has 0 fully saturated rings. The number of carbonyl (C=O) groups excluding carboxylic acids is 1. The van der Waals surface area contributed by atoms with E-state index in [2.05, 4.69) is 17.0 Å². The van der Waals surface area contributed by atoms with Gasteiger partial charge in [0.2, 0.25) is 0 Å². The van der Waals surface area contributed by atoms with Gasteiger partial charge in [-0.2, -0.15) is 13.9 Å². The van der Waals surface area contributed by atoms with Gasteiger partial charge in [0.05, 0.1) is 23.5 Å². The second-order valence-corrected chi connectivity index (χ2v) is 9.64. The number of benzene rings is 2. The highest BCUT2D eigenvalue weighted by atomic mass is 19.3. The van der Waals surface area contributed by atoms with E-state index < -0.39 is 41.5 Å². The maximum absolute atomic E-state index is 14.1. The van der Waals surface area contributed by atoms with Gasteiger partial charge in [0.1, 0.15) is 23.5 Å². The molecular formula is C28H28F4N4O2. The Kier molecular flexibility index (Phi) is 7.35. The van der Waals surface area contributed by atoms with Crippen LogP contribution in [0.3, 0.4) is 0 Å². The molecule has 2 atom stereocenters. The molecule has 1 N–H and O–H groups in total. The highest BCUT2D eigenvalue weighted by molar-refractivity contribution is 5.84. The van der Waals surface area contributed by atoms with Crippen molar-refractivity contribution in [3.05, 3.63) is 90.4 Å². The Hall–Kier alpha value is -4.08. The zero-order chi connectivity index (χ0) is 27.8. The molecular weight excluding hydrogens is 500 g/mol. The fourth-order valence-corrected chi connectivity index (χ4v) is 4.14. The number of hydrogen-bond acceptors (Lipinski definition) is 4. The Morgan fingerprint density at radius 2 is 1.79 bits per heavy atom. The average molecular weight is 529 g/mol. The summed E-state index contributed by atoms with van der Waals surface area (Å²) in [4.78, 5) is 14.0. The number of aromatic nitrogens is 2. The minimum absolute atomic E-state index is 0.0532. The van der Waals surface area contributed by atoms with Crippen molar-refractivity contribution in [1.29, 1.82) is 0 Å². The summed E-state index contributed by atoms with van der Waals surface area (Å²) in [6, 6.07) is 6.88. The number of carbonyl (C=O) groups is 1. The molecule has 1 amide bonds. The maximum Gasteiger partial charge on any atom is 0.321 e. The second kappa shape index (κ2) is 10.4. The quantitative estimate of drug-likeness (QED) is 0.362. The van der Waals surface area contributed by atoms with Gasteiger partial charge < -0.3 is 15.0 Å². The van der Waals surface area contributed by atoms with Crippen LogP contribution in [0.25, 0.3) is 16.6 Å². The summed E-state index contributed by atoms with van der Waals surface area (Å²) in [6.07, 6.45) is 6.09. The van der Waals surface area contributed by atoms with E-state index in [1.54, 1.807) is 42.9 Å². The van der Waals surface area contributed by atoms with Crippen LogP contribution in [0.5, 0.6) is 5.75 Å². The van der Waals surface area contributed by atoms with Crippen molar-refractivity contribution < 1.29 is 27.1 Å². The number of nitrogens with one attached hydrogen (secondary N) is 1. The van der Waals surface area contributed by atoms with Crippen LogP contribution in [0.1, 0.15) is 32.4 Å². The third kappa shape index (κ3) is 5.74. The third-order valence-corrected chi connectivity index (χ3v) is 6.23. The highest BCUT2D eigenvalue weighted by Gasteiger charge is 2.38. The van der Waals surface area contributed by atoms with Crippen molar-refractivity contribution >= 4 is 22.5 Å². The maximum atomic E-state index is 14.1. The van der Waals surface area contributed by atoms with E-state index in [0.29, 0.717) is 24.1 Å². The Balaban J connectivity index is 1.72. The molecule has 38 heavy (non-hydrogen) atoms. The Morgan fingerprint density at radius 3 is 2.39 bits per heavy atom. The van der Waals surface area contributed by atoms with E-state index in [1.165, 1.54) is 0 Å². The molecule has 2 aromatic carbocycles. The molecule has 1 aromatic heterocycles. The first-order chi connectivity index (χ1) is 17.8. The van der Waals surface area contributed by atoms with Gasteiger partial charge >= 0.3 is 5.92 Å². The first-order valence-corrected chi connectivity index (χ1v) is 11.9. The van der Waals surface area contributed by atoms with Crippen LogP contribution in [0.4, 0.5) is 17.6 Å². The molecule has 0 aliphatic carbocycles. The summed E-state index contributed by atoms with van der Waals surface area (Å²) in [7, 11) is 1.87. The Morgan fingerprint density at radius 1 is 1.11 bits per heavy atom. The van der Waals surface area contributed by atoms with Gasteiger partial charge in [-0.15, -0.1) is 0 Å². The lowest BCUT2D eigenvalue weighted by atomic mass is 9.92. The first kappa shape index (κ1) is 27.0. The molecule has 0 saturated carbocycles. The second-order valence-electron chi connectivity index (χ2n) is 9.64. The van der Waals surface area contributed by atoms with Crippen LogP contribution in [-0.4, -0.2) is 39.6 Å². The SMILES string of the molecule is C=C1C=CC(n2ncc3cc(O[C@H](c4cc(F)cc(F)c4)[C@@H](NC(=O)C(C)(F)F)C(C)C)ccc32)=CN1C. The minimum Gasteiger partial charge on any atom is -0.484 e. The number of ether oxygens (including phenoxy) is 1. The van der Waals surface area contributed by atoms with Crippen molar-refractivity contribution in [2.75, 3.05) is 7.05 Å². The van der Waals surface area contributed by atoms with Gasteiger partial charge in [-0.05, 0) is 48.4 Å². The van der Waals surface area contributed by atoms with Crippen LogP contribution in [-0.2, 0) is 4.79 Å². The van der Waals surface area contributed by atoms with Gasteiger partial charge in [0, 0.05) is 42.9 Å². The number of hydrogen-bond donors (Lipinski definition) is 1. The standard InChI is InChI=1S/C28H28F4N4O2/c1-16(2)25(34-27(37)28(4,31)32)26(18-10-20(29)13-21(30)11-18)38-23-8-9-24-19(12-23)14-33-36(24)22-7-6-17(3)35(5)15-22/h6-16,25-26H,3H2,1-2,4-5H3,(H,34,37)/t25-,26+/m0/s1. The van der Waals surface area contributed by atoms with Crippen molar-refractivity contribution in [2.45, 2.75) is 38.8 Å². The number of nitrogens with zero attached hydrogens (tertiary/aromatic N) is 3. The van der Waals surface area contributed by atoms with E-state index in [-0.39, 0.29) is 5.56 Å². The van der Waals surface area contributed by atoms with Crippen molar-refractivity contribution in [3.63, 3.8) is 0 Å². The number of halogens is 4. The molecule has 0 radical (unpaired) electrons. The first-order valence-electron chi connectivity index (χ1n) is 11.9. The molecule has 1 aliphatic heterocycles. The van der Waals surface area contributed by atoms with Crippen molar-refractivity contribution in [2.24, 2.45) is 5.92 Å². The fourth-order valence-electron chi connectivity index (χ4n) is 4.14. The monoisotopic (exact) mass is 528 g/mol. The van der Waals surface area contributed by atoms with Crippen molar-refractivity contribution in [3.8, 4) is 5.75 Å². The van der Waals surface area contributed by atoms with E-state index in [9.17, 15) is 22.4 Å². The molecule has 2 heterocycles. The molecule has 0 saturated heterocycles. The van der Waals surface area contributed by atoms with E-state index in [1.807, 2.05) is 30.3 Å². The molecule has 0 unspecified atom stereocenters. The molecule has 10 heteroatoms. The topological polar surface area (TPSA) is 59.4 Å². The molecule has 200 valence electrons. The number of alkyl halides is 2. The van der Waals surface area contributed by atoms with Gasteiger partial charge in [-0.25, -0.2) is 13.5 Å². The van der Waals surface area contributed by atoms with Gasteiger partial charge in [-0.3, -0.25) is 4.79 Å². The third-order valence-electron chi connectivity index (χ3n) is 6.23. The van der Waals surface area contributed by atoms with Crippen LogP contribution < -0.4 is 10.1 Å². The lowest BCUT2D eigenvalue weighted by Gasteiger charge is -2.32. The lowest BCUT2D eigenvalue weighted by Crippen LogP contribution is -2.49. The highest BCUT2D eigenvalue weighted by Crippen LogP contribution is 2.32. The van der Waals surface area contributed by atoms with Crippen LogP contribution >= 0.6 is 0 Å². The molecule has 1 aliphatic rings. The number of fused-ring (bicyclic) bond motifs is 1. The van der Waals surface area contributed by atoms with Gasteiger partial charge in [0.15, 0.2) is 0 Å². The summed E-state index contributed by atoms with van der Waals surface area (Å²) in [5.74, 6) is -7.02. The zero-order valence-electron chi connectivity index (χ0n) is 21.4. The number of likely N-dealkylation sites (N-methyl/N-ethyl adjacent to an activating group) is 1. The lowest BCUT2D eigenvalue weighted by molar-refractivity contribution is -0.145. The summed E-state index contributed by atoms with van der Waals surface area (Å²) in [5.41, 5.74) is 2.45. The molecule has 6 nitrogen and oxygen atoms in total. The van der Waals surface area contributed by atoms with Crippen LogP contribution in [0, 0.1) is 17.6 Å². The number of amides is 1. The Labute approximate surface area is 217 Å². The van der Waals surface area contributed by atoms with Crippen molar-refractivity contribution in [1.82, 2.24) is 20.0 Å². The Bertz CT molecular complexity index is 1420. The van der Waals surface area contributed by atoms with E-state index in [0.717, 1.165) is 29.0 Å². The van der Waals surface area contributed by atoms with E-state index in [4.69, 9.17) is 4.74 Å². The van der Waals surface area contributed by atoms with E-state index >= 15 is 0 Å². The molecule has 0 bridgehead atoms. The minimum atomic E-state index is -3.65. The fraction of sp³-hybridized carbons (Fsp3) is 0.286. The van der Waals surface area contributed by atoms with Gasteiger partial charge in [-0.1, -0.05) is 20.4 Å². The summed E-state index contributed by atoms with van der Waals surface area (Å²) >= 11 is 0. The molecule has 3 aromatic rings. The zero-order valence-corrected chi connectivity index (χ0v) is 21.4. The van der Waals surface area contributed by atoms with Gasteiger partial charge in [0.25, 0.3) is 5.91 Å². The predicted octanol–water partition coefficient (Wildman–Crippen LogP) is 6.04. The predicted molar refractivity (Wildman–Crippen MR) is 137 cm³/mol. The number of allylic oxidation sites excluding steroid dienone is 3. The average Bonchev–Trinajstić information content (AvgIpc) is 3.24. The normalized spacial score (nSPS) is 15.6. The largest absolute Gasteiger partial charge is 0.484 e. The summed E-state index contributed by atoms with van der Waals surface area (Å²) in [5, 5.41) is 7.47. The molecule has 0 spiro atoms. The summed E-state index contributed by atoms with van der Waals surface area (Å²) in [6.45, 7) is 7.80. The smallest absolute Gasteiger partial charge is 0.321 e. The number of rotatable bonds is 8. The summed E-state index contributed by atoms with van der Waals surface area (Å²) < 4.78 is 63.7. The molecule has 4 rings (SSSR count). The van der Waals surface area contributed by atoms with Crippen LogP contribution in [0.2, 0.25) is 0 Å². The van der Waals surface area contributed by atoms with Crippen LogP contribution in [0.15, 0.2) is 73.2 Å².